The van der Waals surface area contributed by atoms with E-state index in [1.54, 1.807) is 0 Å². The van der Waals surface area contributed by atoms with Crippen molar-refractivity contribution in [3.05, 3.63) is 33.8 Å². The normalized spacial score (nSPS) is 19.4. The molecule has 1 fully saturated rings. The average molecular weight is 500 g/mol. The van der Waals surface area contributed by atoms with Crippen LogP contribution in [0.5, 0.6) is 5.19 Å². The summed E-state index contributed by atoms with van der Waals surface area (Å²) in [6, 6.07) is 0.655. The molecule has 2 atom stereocenters. The minimum absolute atomic E-state index is 0.0272. The van der Waals surface area contributed by atoms with E-state index < -0.39 is 0 Å². The number of thioether (sulfide) groups is 1. The molecular weight excluding hydrogens is 470 g/mol. The highest BCUT2D eigenvalue weighted by Crippen LogP contribution is 2.28. The molecule has 9 nitrogen and oxygen atoms in total. The predicted octanol–water partition coefficient (Wildman–Crippen LogP) is 3.39. The van der Waals surface area contributed by atoms with Gasteiger partial charge in [0.05, 0.1) is 11.4 Å². The van der Waals surface area contributed by atoms with Crippen molar-refractivity contribution in [2.45, 2.75) is 63.3 Å². The van der Waals surface area contributed by atoms with E-state index in [0.29, 0.717) is 17.1 Å². The summed E-state index contributed by atoms with van der Waals surface area (Å²) in [5.41, 5.74) is 1.03. The van der Waals surface area contributed by atoms with Crippen LogP contribution in [0, 0.1) is 5.92 Å². The van der Waals surface area contributed by atoms with E-state index in [4.69, 9.17) is 19.2 Å². The molecule has 3 aromatic heterocycles. The van der Waals surface area contributed by atoms with Gasteiger partial charge in [-0.25, -0.2) is 15.0 Å². The van der Waals surface area contributed by atoms with Crippen LogP contribution in [0.4, 0.5) is 6.01 Å². The number of ether oxygens (including phenoxy) is 1. The Kier molecular flexibility index (Phi) is 6.82. The van der Waals surface area contributed by atoms with Crippen molar-refractivity contribution in [1.29, 1.82) is 0 Å². The lowest BCUT2D eigenvalue weighted by Crippen LogP contribution is -2.38. The second kappa shape index (κ2) is 9.99. The summed E-state index contributed by atoms with van der Waals surface area (Å²) in [4.78, 5) is 25.1. The Morgan fingerprint density at radius 1 is 1.15 bits per heavy atom. The third-order valence-corrected chi connectivity index (χ3v) is 7.79. The molecule has 0 amide bonds. The standard InChI is InChI=1S/C23H29N7O2S2/c1-13(2)19-28-22(32-29-19)30-9-7-15(8-10-30)14(3)31-23-27-18-6-5-17(26-20(18)34-23)16-11-24-21(33-4)25-12-16/h6,11-15,17H,5,7-10H2,1-4H3/t14-,17?/m0/s1. The van der Waals surface area contributed by atoms with Gasteiger partial charge in [0.25, 0.3) is 5.19 Å². The first-order chi connectivity index (χ1) is 16.5. The number of anilines is 1. The Hall–Kier alpha value is -2.53. The molecule has 0 bridgehead atoms. The number of hydrogen-bond donors (Lipinski definition) is 0. The Bertz CT molecular complexity index is 1230. The van der Waals surface area contributed by atoms with E-state index in [1.807, 2.05) is 18.6 Å². The smallest absolute Gasteiger partial charge is 0.324 e. The molecule has 11 heteroatoms. The first-order valence-corrected chi connectivity index (χ1v) is 13.7. The highest BCUT2D eigenvalue weighted by molar-refractivity contribution is 7.98. The second-order valence-corrected chi connectivity index (χ2v) is 10.7. The van der Waals surface area contributed by atoms with Crippen LogP contribution in [0.2, 0.25) is 0 Å². The van der Waals surface area contributed by atoms with Gasteiger partial charge < -0.3 is 14.2 Å². The van der Waals surface area contributed by atoms with Crippen molar-refractivity contribution in [3.63, 3.8) is 0 Å². The fourth-order valence-electron chi connectivity index (χ4n) is 4.22. The summed E-state index contributed by atoms with van der Waals surface area (Å²) >= 11 is 3.05. The molecule has 0 spiro atoms. The van der Waals surface area contributed by atoms with Crippen LogP contribution < -0.4 is 19.7 Å². The zero-order chi connectivity index (χ0) is 23.7. The third kappa shape index (κ3) is 4.95. The zero-order valence-electron chi connectivity index (χ0n) is 19.8. The maximum Gasteiger partial charge on any atom is 0.324 e. The Morgan fingerprint density at radius 2 is 1.91 bits per heavy atom. The minimum atomic E-state index is 0.0272. The van der Waals surface area contributed by atoms with Gasteiger partial charge in [-0.05, 0) is 38.4 Å². The molecular formula is C23H29N7O2S2. The van der Waals surface area contributed by atoms with E-state index in [1.165, 1.54) is 23.1 Å². The van der Waals surface area contributed by atoms with Crippen molar-refractivity contribution in [3.8, 4) is 5.19 Å². The van der Waals surface area contributed by atoms with Crippen LogP contribution in [-0.2, 0) is 0 Å². The number of thiazole rings is 1. The molecule has 0 N–H and O–H groups in total. The van der Waals surface area contributed by atoms with Gasteiger partial charge in [0.15, 0.2) is 11.0 Å². The van der Waals surface area contributed by atoms with Crippen LogP contribution >= 0.6 is 23.1 Å². The summed E-state index contributed by atoms with van der Waals surface area (Å²) in [5.74, 6) is 1.47. The molecule has 5 heterocycles. The third-order valence-electron chi connectivity index (χ3n) is 6.35. The van der Waals surface area contributed by atoms with Gasteiger partial charge >= 0.3 is 6.01 Å². The van der Waals surface area contributed by atoms with Gasteiger partial charge in [-0.1, -0.05) is 48.2 Å². The largest absolute Gasteiger partial charge is 0.467 e. The van der Waals surface area contributed by atoms with Crippen molar-refractivity contribution in [2.24, 2.45) is 10.9 Å². The maximum atomic E-state index is 6.28. The SMILES string of the molecule is CSc1ncc(C2CC=c3nc(O[C@@H](C)C4CCN(c5nc(C(C)C)no5)CC4)sc3=N2)cn1. The molecule has 2 aliphatic rings. The van der Waals surface area contributed by atoms with E-state index in [0.717, 1.165) is 58.9 Å². The summed E-state index contributed by atoms with van der Waals surface area (Å²) < 4.78 is 12.7. The summed E-state index contributed by atoms with van der Waals surface area (Å²) in [7, 11) is 0. The lowest BCUT2D eigenvalue weighted by molar-refractivity contribution is 0.131. The fraction of sp³-hybridized carbons (Fsp3) is 0.565. The van der Waals surface area contributed by atoms with E-state index in [9.17, 15) is 0 Å². The van der Waals surface area contributed by atoms with Gasteiger partial charge in [0.1, 0.15) is 10.8 Å². The van der Waals surface area contributed by atoms with Crippen LogP contribution in [0.1, 0.15) is 63.4 Å². The van der Waals surface area contributed by atoms with Crippen molar-refractivity contribution >= 4 is 35.2 Å². The zero-order valence-corrected chi connectivity index (χ0v) is 21.5. The quantitative estimate of drug-likeness (QED) is 0.357. The molecule has 2 aliphatic heterocycles. The number of aromatic nitrogens is 5. The molecule has 0 radical (unpaired) electrons. The first-order valence-electron chi connectivity index (χ1n) is 11.7. The molecule has 3 aromatic rings. The Balaban J connectivity index is 1.20. The van der Waals surface area contributed by atoms with Gasteiger partial charge in [0, 0.05) is 37.0 Å². The number of rotatable bonds is 7. The maximum absolute atomic E-state index is 6.28. The van der Waals surface area contributed by atoms with E-state index in [-0.39, 0.29) is 18.1 Å². The fourth-order valence-corrected chi connectivity index (χ4v) is 5.46. The predicted molar refractivity (Wildman–Crippen MR) is 132 cm³/mol. The number of piperidine rings is 1. The molecule has 34 heavy (non-hydrogen) atoms. The van der Waals surface area contributed by atoms with Crippen molar-refractivity contribution < 1.29 is 9.26 Å². The van der Waals surface area contributed by atoms with Gasteiger partial charge in [-0.2, -0.15) is 4.98 Å². The molecule has 0 aromatic carbocycles. The average Bonchev–Trinajstić information content (AvgIpc) is 3.51. The molecule has 0 saturated carbocycles. The molecule has 1 unspecified atom stereocenters. The molecule has 5 rings (SSSR count). The van der Waals surface area contributed by atoms with Crippen LogP contribution in [-0.4, -0.2) is 50.5 Å². The molecule has 0 aliphatic carbocycles. The minimum Gasteiger partial charge on any atom is -0.467 e. The Morgan fingerprint density at radius 3 is 2.59 bits per heavy atom. The monoisotopic (exact) mass is 499 g/mol. The topological polar surface area (TPSA) is 102 Å². The number of nitrogens with zero attached hydrogens (tertiary/aromatic N) is 7. The van der Waals surface area contributed by atoms with Crippen molar-refractivity contribution in [2.75, 3.05) is 24.2 Å². The van der Waals surface area contributed by atoms with Crippen molar-refractivity contribution in [1.82, 2.24) is 25.1 Å². The van der Waals surface area contributed by atoms with E-state index >= 15 is 0 Å². The van der Waals surface area contributed by atoms with Crippen LogP contribution in [0.3, 0.4) is 0 Å². The highest BCUT2D eigenvalue weighted by atomic mass is 32.2. The van der Waals surface area contributed by atoms with Crippen LogP contribution in [0.25, 0.3) is 6.08 Å². The lowest BCUT2D eigenvalue weighted by Gasteiger charge is -2.33. The van der Waals surface area contributed by atoms with Gasteiger partial charge in [0.2, 0.25) is 0 Å². The molecule has 180 valence electrons. The Labute approximate surface area is 206 Å². The van der Waals surface area contributed by atoms with Crippen LogP contribution in [0.15, 0.2) is 27.1 Å². The summed E-state index contributed by atoms with van der Waals surface area (Å²) in [6.07, 6.45) is 10.7. The van der Waals surface area contributed by atoms with E-state index in [2.05, 4.69) is 51.9 Å². The number of fused-ring (bicyclic) bond motifs is 1. The molecule has 1 saturated heterocycles. The summed E-state index contributed by atoms with van der Waals surface area (Å²) in [6.45, 7) is 8.04. The second-order valence-electron chi connectivity index (χ2n) is 9.00. The first kappa shape index (κ1) is 23.2. The van der Waals surface area contributed by atoms with Gasteiger partial charge in [-0.3, -0.25) is 4.99 Å². The van der Waals surface area contributed by atoms with Gasteiger partial charge in [-0.15, -0.1) is 0 Å². The lowest BCUT2D eigenvalue weighted by atomic mass is 9.92. The highest BCUT2D eigenvalue weighted by Gasteiger charge is 2.28. The number of hydrogen-bond acceptors (Lipinski definition) is 11. The summed E-state index contributed by atoms with van der Waals surface area (Å²) in [5, 5.41) is 6.46.